The largest absolute Gasteiger partial charge is 0.399 e. The molecule has 0 saturated carbocycles. The molecule has 0 atom stereocenters. The van der Waals surface area contributed by atoms with Crippen LogP contribution in [0.1, 0.15) is 13.3 Å². The fourth-order valence-corrected chi connectivity index (χ4v) is 3.84. The highest BCUT2D eigenvalue weighted by molar-refractivity contribution is 7.89. The number of hydrogen-bond donors (Lipinski definition) is 2. The average Bonchev–Trinajstić information content (AvgIpc) is 2.37. The number of nitrogens with two attached hydrogens (primary N) is 1. The molecule has 0 aliphatic heterocycles. The molecule has 0 amide bonds. The van der Waals surface area contributed by atoms with E-state index in [-0.39, 0.29) is 18.0 Å². The highest BCUT2D eigenvalue weighted by Gasteiger charge is 2.16. The molecule has 1 aromatic rings. The van der Waals surface area contributed by atoms with Crippen molar-refractivity contribution in [2.24, 2.45) is 0 Å². The Morgan fingerprint density at radius 2 is 1.90 bits per heavy atom. The molecule has 0 aliphatic carbocycles. The SMILES string of the molecule is CCN(CCCNS(=O)(=O)c1cccc(N)c1)S(C)(=O)=O. The Bertz CT molecular complexity index is 671. The van der Waals surface area contributed by atoms with Gasteiger partial charge in [0, 0.05) is 25.3 Å². The summed E-state index contributed by atoms with van der Waals surface area (Å²) in [4.78, 5) is 0.0953. The van der Waals surface area contributed by atoms with Gasteiger partial charge in [-0.25, -0.2) is 25.9 Å². The van der Waals surface area contributed by atoms with Crippen molar-refractivity contribution in [3.8, 4) is 0 Å². The second-order valence-electron chi connectivity index (χ2n) is 4.58. The molecule has 1 rings (SSSR count). The van der Waals surface area contributed by atoms with Gasteiger partial charge in [0.1, 0.15) is 0 Å². The van der Waals surface area contributed by atoms with Gasteiger partial charge in [-0.05, 0) is 24.6 Å². The number of sulfonamides is 2. The Morgan fingerprint density at radius 1 is 1.24 bits per heavy atom. The molecule has 120 valence electrons. The van der Waals surface area contributed by atoms with Crippen LogP contribution in [-0.4, -0.2) is 47.0 Å². The van der Waals surface area contributed by atoms with Crippen molar-refractivity contribution in [2.45, 2.75) is 18.2 Å². The zero-order valence-corrected chi connectivity index (χ0v) is 13.7. The van der Waals surface area contributed by atoms with Crippen LogP contribution >= 0.6 is 0 Å². The topological polar surface area (TPSA) is 110 Å². The maximum atomic E-state index is 12.0. The molecule has 1 aromatic carbocycles. The summed E-state index contributed by atoms with van der Waals surface area (Å²) in [7, 11) is -6.87. The molecule has 9 heteroatoms. The highest BCUT2D eigenvalue weighted by Crippen LogP contribution is 2.12. The smallest absolute Gasteiger partial charge is 0.240 e. The standard InChI is InChI=1S/C12H21N3O4S2/c1-3-15(20(2,16)17)9-5-8-14-21(18,19)12-7-4-6-11(13)10-12/h4,6-7,10,14H,3,5,8-9,13H2,1-2H3. The lowest BCUT2D eigenvalue weighted by atomic mass is 10.3. The zero-order valence-electron chi connectivity index (χ0n) is 12.1. The predicted molar refractivity (Wildman–Crippen MR) is 82.8 cm³/mol. The van der Waals surface area contributed by atoms with E-state index in [4.69, 9.17) is 5.73 Å². The summed E-state index contributed by atoms with van der Waals surface area (Å²) in [6.45, 7) is 2.52. The van der Waals surface area contributed by atoms with Gasteiger partial charge >= 0.3 is 0 Å². The van der Waals surface area contributed by atoms with Gasteiger partial charge in [-0.3, -0.25) is 0 Å². The summed E-state index contributed by atoms with van der Waals surface area (Å²) < 4.78 is 50.5. The van der Waals surface area contributed by atoms with E-state index in [0.717, 1.165) is 6.26 Å². The van der Waals surface area contributed by atoms with Gasteiger partial charge in [-0.2, -0.15) is 0 Å². The Morgan fingerprint density at radius 3 is 2.43 bits per heavy atom. The van der Waals surface area contributed by atoms with Gasteiger partial charge in [0.15, 0.2) is 0 Å². The lowest BCUT2D eigenvalue weighted by Crippen LogP contribution is -2.33. The molecular formula is C12H21N3O4S2. The lowest BCUT2D eigenvalue weighted by Gasteiger charge is -2.17. The Balaban J connectivity index is 2.56. The van der Waals surface area contributed by atoms with E-state index in [2.05, 4.69) is 4.72 Å². The van der Waals surface area contributed by atoms with Gasteiger partial charge in [-0.15, -0.1) is 0 Å². The number of rotatable bonds is 8. The van der Waals surface area contributed by atoms with Crippen molar-refractivity contribution < 1.29 is 16.8 Å². The molecule has 7 nitrogen and oxygen atoms in total. The van der Waals surface area contributed by atoms with Crippen molar-refractivity contribution >= 4 is 25.7 Å². The van der Waals surface area contributed by atoms with Crippen LogP contribution in [-0.2, 0) is 20.0 Å². The lowest BCUT2D eigenvalue weighted by molar-refractivity contribution is 0.424. The van der Waals surface area contributed by atoms with Gasteiger partial charge in [0.2, 0.25) is 20.0 Å². The minimum atomic E-state index is -3.62. The summed E-state index contributed by atoms with van der Waals surface area (Å²) in [5.74, 6) is 0. The average molecular weight is 335 g/mol. The van der Waals surface area contributed by atoms with Gasteiger partial charge in [0.05, 0.1) is 11.2 Å². The van der Waals surface area contributed by atoms with Crippen LogP contribution in [0.5, 0.6) is 0 Å². The molecule has 0 spiro atoms. The number of anilines is 1. The highest BCUT2D eigenvalue weighted by atomic mass is 32.2. The maximum Gasteiger partial charge on any atom is 0.240 e. The third-order valence-electron chi connectivity index (χ3n) is 2.87. The molecule has 0 bridgehead atoms. The first-order valence-corrected chi connectivity index (χ1v) is 9.80. The summed E-state index contributed by atoms with van der Waals surface area (Å²) in [6, 6.07) is 5.99. The summed E-state index contributed by atoms with van der Waals surface area (Å²) in [6.07, 6.45) is 1.52. The van der Waals surface area contributed by atoms with Crippen molar-refractivity contribution in [2.75, 3.05) is 31.6 Å². The van der Waals surface area contributed by atoms with Crippen LogP contribution in [0, 0.1) is 0 Å². The number of nitrogens with one attached hydrogen (secondary N) is 1. The molecule has 0 fully saturated rings. The Labute approximate surface area is 126 Å². The maximum absolute atomic E-state index is 12.0. The van der Waals surface area contributed by atoms with Gasteiger partial charge in [-0.1, -0.05) is 13.0 Å². The van der Waals surface area contributed by atoms with Gasteiger partial charge in [0.25, 0.3) is 0 Å². The molecule has 0 aliphatic rings. The molecule has 0 saturated heterocycles. The summed E-state index contributed by atoms with van der Waals surface area (Å²) >= 11 is 0. The molecule has 0 heterocycles. The fourth-order valence-electron chi connectivity index (χ4n) is 1.79. The van der Waals surface area contributed by atoms with Crippen molar-refractivity contribution in [1.82, 2.24) is 9.03 Å². The van der Waals surface area contributed by atoms with Crippen LogP contribution in [0.15, 0.2) is 29.2 Å². The van der Waals surface area contributed by atoms with E-state index < -0.39 is 20.0 Å². The number of hydrogen-bond acceptors (Lipinski definition) is 5. The first kappa shape index (κ1) is 17.9. The van der Waals surface area contributed by atoms with Crippen molar-refractivity contribution in [3.05, 3.63) is 24.3 Å². The molecule has 3 N–H and O–H groups in total. The van der Waals surface area contributed by atoms with E-state index in [1.54, 1.807) is 19.1 Å². The van der Waals surface area contributed by atoms with E-state index in [0.29, 0.717) is 18.7 Å². The molecule has 0 radical (unpaired) electrons. The van der Waals surface area contributed by atoms with Crippen molar-refractivity contribution in [3.63, 3.8) is 0 Å². The van der Waals surface area contributed by atoms with E-state index >= 15 is 0 Å². The monoisotopic (exact) mass is 335 g/mol. The fraction of sp³-hybridized carbons (Fsp3) is 0.500. The molecule has 21 heavy (non-hydrogen) atoms. The number of nitrogens with zero attached hydrogens (tertiary/aromatic N) is 1. The second kappa shape index (κ2) is 7.21. The minimum absolute atomic E-state index is 0.0953. The van der Waals surface area contributed by atoms with Crippen molar-refractivity contribution in [1.29, 1.82) is 0 Å². The predicted octanol–water partition coefficient (Wildman–Crippen LogP) is 0.219. The minimum Gasteiger partial charge on any atom is -0.399 e. The first-order valence-electron chi connectivity index (χ1n) is 6.47. The van der Waals surface area contributed by atoms with Crippen LogP contribution in [0.25, 0.3) is 0 Å². The van der Waals surface area contributed by atoms with Crippen LogP contribution in [0.3, 0.4) is 0 Å². The second-order valence-corrected chi connectivity index (χ2v) is 8.33. The number of nitrogen functional groups attached to an aromatic ring is 1. The van der Waals surface area contributed by atoms with E-state index in [1.807, 2.05) is 0 Å². The van der Waals surface area contributed by atoms with E-state index in [1.165, 1.54) is 16.4 Å². The molecular weight excluding hydrogens is 314 g/mol. The molecule has 0 aromatic heterocycles. The quantitative estimate of drug-likeness (QED) is 0.522. The third kappa shape index (κ3) is 5.62. The third-order valence-corrected chi connectivity index (χ3v) is 5.70. The number of benzene rings is 1. The Hall–Kier alpha value is -1.16. The molecule has 0 unspecified atom stereocenters. The van der Waals surface area contributed by atoms with Crippen LogP contribution < -0.4 is 10.5 Å². The normalized spacial score (nSPS) is 12.7. The van der Waals surface area contributed by atoms with Gasteiger partial charge < -0.3 is 5.73 Å². The van der Waals surface area contributed by atoms with Crippen LogP contribution in [0.2, 0.25) is 0 Å². The van der Waals surface area contributed by atoms with Crippen LogP contribution in [0.4, 0.5) is 5.69 Å². The summed E-state index contributed by atoms with van der Waals surface area (Å²) in [5.41, 5.74) is 5.92. The Kier molecular flexibility index (Phi) is 6.14. The zero-order chi connectivity index (χ0) is 16.1. The van der Waals surface area contributed by atoms with E-state index in [9.17, 15) is 16.8 Å². The summed E-state index contributed by atoms with van der Waals surface area (Å²) in [5, 5.41) is 0. The first-order chi connectivity index (χ1) is 9.66.